The first-order valence-corrected chi connectivity index (χ1v) is 8.77. The van der Waals surface area contributed by atoms with Crippen molar-refractivity contribution in [3.8, 4) is 5.75 Å². The van der Waals surface area contributed by atoms with Gasteiger partial charge in [0.1, 0.15) is 18.5 Å². The molecule has 1 atom stereocenters. The number of aliphatic hydroxyl groups is 1. The van der Waals surface area contributed by atoms with Gasteiger partial charge in [0, 0.05) is 6.54 Å². The highest BCUT2D eigenvalue weighted by molar-refractivity contribution is 5.72. The van der Waals surface area contributed by atoms with Crippen LogP contribution in [-0.2, 0) is 9.53 Å². The maximum absolute atomic E-state index is 11.7. The molecule has 1 saturated heterocycles. The Morgan fingerprint density at radius 2 is 2.04 bits per heavy atom. The molecule has 0 bridgehead atoms. The fraction of sp³-hybridized carbons (Fsp3) is 0.632. The molecule has 1 aliphatic heterocycles. The topological polar surface area (TPSA) is 59.0 Å². The Balaban J connectivity index is 1.73. The van der Waals surface area contributed by atoms with Gasteiger partial charge >= 0.3 is 5.97 Å². The highest BCUT2D eigenvalue weighted by Crippen LogP contribution is 2.21. The van der Waals surface area contributed by atoms with Gasteiger partial charge in [-0.1, -0.05) is 12.1 Å². The maximum Gasteiger partial charge on any atom is 0.309 e. The number of hydrogen-bond acceptors (Lipinski definition) is 5. The molecule has 1 aliphatic rings. The summed E-state index contributed by atoms with van der Waals surface area (Å²) >= 11 is 0. The number of aliphatic hydroxyl groups excluding tert-OH is 1. The predicted molar refractivity (Wildman–Crippen MR) is 93.2 cm³/mol. The number of carbonyl (C=O) groups excluding carboxylic acids is 1. The molecule has 0 saturated carbocycles. The number of ether oxygens (including phenoxy) is 2. The van der Waals surface area contributed by atoms with E-state index in [0.717, 1.165) is 37.2 Å². The van der Waals surface area contributed by atoms with Crippen molar-refractivity contribution < 1.29 is 19.4 Å². The first-order chi connectivity index (χ1) is 11.5. The number of piperidine rings is 1. The minimum absolute atomic E-state index is 0.00420. The average Bonchev–Trinajstić information content (AvgIpc) is 2.57. The lowest BCUT2D eigenvalue weighted by molar-refractivity contribution is -0.149. The maximum atomic E-state index is 11.7. The minimum atomic E-state index is -0.538. The molecule has 5 heteroatoms. The lowest BCUT2D eigenvalue weighted by Crippen LogP contribution is -2.42. The second-order valence-corrected chi connectivity index (χ2v) is 6.49. The number of carbonyl (C=O) groups is 1. The summed E-state index contributed by atoms with van der Waals surface area (Å²) in [5, 5.41) is 10.2. The zero-order valence-electron chi connectivity index (χ0n) is 15.0. The van der Waals surface area contributed by atoms with Crippen molar-refractivity contribution in [1.82, 2.24) is 4.90 Å². The van der Waals surface area contributed by atoms with E-state index in [1.165, 1.54) is 5.56 Å². The van der Waals surface area contributed by atoms with Crippen LogP contribution in [0.25, 0.3) is 0 Å². The normalized spacial score (nSPS) is 17.5. The lowest BCUT2D eigenvalue weighted by atomic mass is 9.97. The number of esters is 1. The zero-order chi connectivity index (χ0) is 17.5. The third-order valence-corrected chi connectivity index (χ3v) is 4.66. The molecular weight excluding hydrogens is 306 g/mol. The van der Waals surface area contributed by atoms with Gasteiger partial charge in [0.2, 0.25) is 0 Å². The molecule has 0 unspecified atom stereocenters. The third kappa shape index (κ3) is 5.21. The van der Waals surface area contributed by atoms with Crippen LogP contribution in [0.3, 0.4) is 0 Å². The first-order valence-electron chi connectivity index (χ1n) is 8.77. The largest absolute Gasteiger partial charge is 0.491 e. The molecule has 2 rings (SSSR count). The van der Waals surface area contributed by atoms with Crippen LogP contribution in [0.4, 0.5) is 0 Å². The molecule has 24 heavy (non-hydrogen) atoms. The second-order valence-electron chi connectivity index (χ2n) is 6.49. The van der Waals surface area contributed by atoms with Crippen molar-refractivity contribution in [2.24, 2.45) is 5.92 Å². The molecule has 0 aliphatic carbocycles. The van der Waals surface area contributed by atoms with E-state index >= 15 is 0 Å². The van der Waals surface area contributed by atoms with E-state index in [9.17, 15) is 9.90 Å². The van der Waals surface area contributed by atoms with Crippen LogP contribution in [0.1, 0.15) is 30.9 Å². The fourth-order valence-corrected chi connectivity index (χ4v) is 3.03. The minimum Gasteiger partial charge on any atom is -0.491 e. The highest BCUT2D eigenvalue weighted by atomic mass is 16.5. The van der Waals surface area contributed by atoms with Crippen molar-refractivity contribution >= 4 is 5.97 Å². The number of hydrogen-bond donors (Lipinski definition) is 1. The van der Waals surface area contributed by atoms with Crippen LogP contribution < -0.4 is 4.74 Å². The predicted octanol–water partition coefficient (Wildman–Crippen LogP) is 2.32. The summed E-state index contributed by atoms with van der Waals surface area (Å²) in [6, 6.07) is 5.94. The Bertz CT molecular complexity index is 538. The summed E-state index contributed by atoms with van der Waals surface area (Å²) in [4.78, 5) is 13.9. The molecule has 1 aromatic carbocycles. The van der Waals surface area contributed by atoms with Crippen LogP contribution in [0.2, 0.25) is 0 Å². The van der Waals surface area contributed by atoms with Crippen molar-refractivity contribution in [3.63, 3.8) is 0 Å². The molecule has 1 fully saturated rings. The van der Waals surface area contributed by atoms with E-state index < -0.39 is 6.10 Å². The van der Waals surface area contributed by atoms with Gasteiger partial charge in [-0.15, -0.1) is 0 Å². The van der Waals surface area contributed by atoms with E-state index in [-0.39, 0.29) is 18.5 Å². The molecule has 0 aromatic heterocycles. The lowest BCUT2D eigenvalue weighted by Gasteiger charge is -2.32. The Morgan fingerprint density at radius 3 is 2.71 bits per heavy atom. The van der Waals surface area contributed by atoms with E-state index in [4.69, 9.17) is 9.47 Å². The summed E-state index contributed by atoms with van der Waals surface area (Å²) in [6.45, 7) is 8.81. The Labute approximate surface area is 144 Å². The summed E-state index contributed by atoms with van der Waals surface area (Å²) in [6.07, 6.45) is 1.05. The summed E-state index contributed by atoms with van der Waals surface area (Å²) in [5.74, 6) is 0.746. The number of aryl methyl sites for hydroxylation is 1. The molecule has 1 heterocycles. The molecule has 134 valence electrons. The van der Waals surface area contributed by atoms with Gasteiger partial charge in [0.25, 0.3) is 0 Å². The van der Waals surface area contributed by atoms with Crippen molar-refractivity contribution in [2.75, 3.05) is 32.8 Å². The number of β-amino-alcohol motifs (C(OH)–C–C–N with tert-alkyl or cyclic N) is 1. The van der Waals surface area contributed by atoms with Gasteiger partial charge in [-0.2, -0.15) is 0 Å². The van der Waals surface area contributed by atoms with E-state index in [1.807, 2.05) is 39.0 Å². The number of benzene rings is 1. The van der Waals surface area contributed by atoms with E-state index in [0.29, 0.717) is 13.2 Å². The molecule has 0 amide bonds. The van der Waals surface area contributed by atoms with Crippen LogP contribution >= 0.6 is 0 Å². The Hall–Kier alpha value is -1.59. The van der Waals surface area contributed by atoms with E-state index in [1.54, 1.807) is 0 Å². The van der Waals surface area contributed by atoms with Gasteiger partial charge in [0.15, 0.2) is 0 Å². The van der Waals surface area contributed by atoms with Crippen molar-refractivity contribution in [2.45, 2.75) is 39.7 Å². The van der Waals surface area contributed by atoms with Gasteiger partial charge in [-0.25, -0.2) is 0 Å². The molecule has 5 nitrogen and oxygen atoms in total. The quantitative estimate of drug-likeness (QED) is 0.775. The standard InChI is InChI=1S/C19H29NO4/c1-4-23-19(22)16-8-10-20(11-9-16)12-17(21)13-24-18-7-5-6-14(2)15(18)3/h5-7,16-17,21H,4,8-13H2,1-3H3/t17-/m1/s1. The number of likely N-dealkylation sites (tertiary alicyclic amines) is 1. The monoisotopic (exact) mass is 335 g/mol. The Morgan fingerprint density at radius 1 is 1.33 bits per heavy atom. The fourth-order valence-electron chi connectivity index (χ4n) is 3.03. The summed E-state index contributed by atoms with van der Waals surface area (Å²) in [5.41, 5.74) is 2.29. The summed E-state index contributed by atoms with van der Waals surface area (Å²) < 4.78 is 10.8. The van der Waals surface area contributed by atoms with Crippen LogP contribution in [0, 0.1) is 19.8 Å². The zero-order valence-corrected chi connectivity index (χ0v) is 15.0. The molecular formula is C19H29NO4. The van der Waals surface area contributed by atoms with Gasteiger partial charge < -0.3 is 19.5 Å². The average molecular weight is 335 g/mol. The van der Waals surface area contributed by atoms with Crippen LogP contribution in [0.5, 0.6) is 5.75 Å². The molecule has 1 aromatic rings. The Kier molecular flexibility index (Phi) is 7.06. The highest BCUT2D eigenvalue weighted by Gasteiger charge is 2.26. The SMILES string of the molecule is CCOC(=O)C1CCN(C[C@@H](O)COc2cccc(C)c2C)CC1. The third-order valence-electron chi connectivity index (χ3n) is 4.66. The van der Waals surface area contributed by atoms with Crippen LogP contribution in [0.15, 0.2) is 18.2 Å². The van der Waals surface area contributed by atoms with Crippen LogP contribution in [-0.4, -0.2) is 54.9 Å². The number of nitrogens with zero attached hydrogens (tertiary/aromatic N) is 1. The molecule has 0 radical (unpaired) electrons. The molecule has 0 spiro atoms. The first kappa shape index (κ1) is 18.7. The van der Waals surface area contributed by atoms with Gasteiger partial charge in [-0.05, 0) is 63.9 Å². The van der Waals surface area contributed by atoms with E-state index in [2.05, 4.69) is 4.90 Å². The van der Waals surface area contributed by atoms with Crippen molar-refractivity contribution in [3.05, 3.63) is 29.3 Å². The molecule has 1 N–H and O–H groups in total. The van der Waals surface area contributed by atoms with Gasteiger partial charge in [0.05, 0.1) is 12.5 Å². The smallest absolute Gasteiger partial charge is 0.309 e. The second kappa shape index (κ2) is 9.04. The number of rotatable bonds is 7. The summed E-state index contributed by atoms with van der Waals surface area (Å²) in [7, 11) is 0. The van der Waals surface area contributed by atoms with Gasteiger partial charge in [-0.3, -0.25) is 4.79 Å². The van der Waals surface area contributed by atoms with Crippen molar-refractivity contribution in [1.29, 1.82) is 0 Å².